The molecule has 1 aliphatic rings. The zero-order valence-corrected chi connectivity index (χ0v) is 14.5. The van der Waals surface area contributed by atoms with Gasteiger partial charge in [0, 0.05) is 24.7 Å². The molecule has 6 nitrogen and oxygen atoms in total. The van der Waals surface area contributed by atoms with E-state index in [1.165, 1.54) is 6.07 Å². The van der Waals surface area contributed by atoms with Crippen LogP contribution in [0.15, 0.2) is 23.1 Å². The summed E-state index contributed by atoms with van der Waals surface area (Å²) in [5.41, 5.74) is 1.16. The van der Waals surface area contributed by atoms with Gasteiger partial charge in [-0.05, 0) is 50.4 Å². The lowest BCUT2D eigenvalue weighted by atomic mass is 10.1. The standard InChI is InChI=1S/C16H25N3O3S/c1-3-8-17-9-10-18-16(20)15-11-14(7-4-12(15)2)23(21,22)19-13-5-6-13/h4,7,11,13,17,19H,3,5-6,8-10H2,1-2H3,(H,18,20). The average molecular weight is 339 g/mol. The van der Waals surface area contributed by atoms with Crippen LogP contribution in [0.3, 0.4) is 0 Å². The number of benzene rings is 1. The van der Waals surface area contributed by atoms with Gasteiger partial charge in [-0.1, -0.05) is 13.0 Å². The van der Waals surface area contributed by atoms with Crippen molar-refractivity contribution in [2.45, 2.75) is 44.0 Å². The first kappa shape index (κ1) is 17.9. The molecule has 128 valence electrons. The highest BCUT2D eigenvalue weighted by Crippen LogP contribution is 2.23. The maximum atomic E-state index is 12.3. The molecule has 1 aromatic carbocycles. The third-order valence-corrected chi connectivity index (χ3v) is 5.20. The van der Waals surface area contributed by atoms with E-state index in [-0.39, 0.29) is 16.8 Å². The minimum absolute atomic E-state index is 0.0446. The Labute approximate surface area is 138 Å². The van der Waals surface area contributed by atoms with E-state index in [0.29, 0.717) is 18.7 Å². The summed E-state index contributed by atoms with van der Waals surface area (Å²) in [4.78, 5) is 12.4. The van der Waals surface area contributed by atoms with Crippen molar-refractivity contribution < 1.29 is 13.2 Å². The molecule has 1 aromatic rings. The van der Waals surface area contributed by atoms with Gasteiger partial charge >= 0.3 is 0 Å². The fourth-order valence-corrected chi connectivity index (χ4v) is 3.49. The predicted molar refractivity (Wildman–Crippen MR) is 90.0 cm³/mol. The molecule has 0 radical (unpaired) electrons. The minimum Gasteiger partial charge on any atom is -0.351 e. The number of hydrogen-bond donors (Lipinski definition) is 3. The van der Waals surface area contributed by atoms with E-state index in [9.17, 15) is 13.2 Å². The Morgan fingerprint density at radius 2 is 1.96 bits per heavy atom. The minimum atomic E-state index is -3.54. The Hall–Kier alpha value is -1.44. The van der Waals surface area contributed by atoms with Gasteiger partial charge in [0.15, 0.2) is 0 Å². The molecule has 1 saturated carbocycles. The second kappa shape index (κ2) is 7.90. The van der Waals surface area contributed by atoms with Crippen molar-refractivity contribution in [3.05, 3.63) is 29.3 Å². The van der Waals surface area contributed by atoms with Crippen LogP contribution in [0.1, 0.15) is 42.1 Å². The van der Waals surface area contributed by atoms with Crippen molar-refractivity contribution in [3.8, 4) is 0 Å². The van der Waals surface area contributed by atoms with Crippen LogP contribution >= 0.6 is 0 Å². The number of carbonyl (C=O) groups excluding carboxylic acids is 1. The largest absolute Gasteiger partial charge is 0.351 e. The van der Waals surface area contributed by atoms with Crippen molar-refractivity contribution in [1.29, 1.82) is 0 Å². The first-order valence-corrected chi connectivity index (χ1v) is 9.54. The maximum absolute atomic E-state index is 12.3. The molecule has 0 unspecified atom stereocenters. The fourth-order valence-electron chi connectivity index (χ4n) is 2.16. The SMILES string of the molecule is CCCNCCNC(=O)c1cc(S(=O)(=O)NC2CC2)ccc1C. The lowest BCUT2D eigenvalue weighted by molar-refractivity contribution is 0.0953. The first-order valence-electron chi connectivity index (χ1n) is 8.06. The van der Waals surface area contributed by atoms with Crippen LogP contribution in [0, 0.1) is 6.92 Å². The van der Waals surface area contributed by atoms with Crippen LogP contribution in [-0.2, 0) is 10.0 Å². The number of amides is 1. The Bertz CT molecular complexity index is 655. The summed E-state index contributed by atoms with van der Waals surface area (Å²) in [5.74, 6) is -0.246. The number of nitrogens with one attached hydrogen (secondary N) is 3. The highest BCUT2D eigenvalue weighted by atomic mass is 32.2. The summed E-state index contributed by atoms with van der Waals surface area (Å²) in [6, 6.07) is 4.71. The molecule has 1 aliphatic carbocycles. The van der Waals surface area contributed by atoms with Crippen LogP contribution in [-0.4, -0.2) is 40.0 Å². The molecule has 0 aromatic heterocycles. The first-order chi connectivity index (χ1) is 10.9. The maximum Gasteiger partial charge on any atom is 0.251 e. The van der Waals surface area contributed by atoms with Gasteiger partial charge in [-0.15, -0.1) is 0 Å². The molecule has 1 fully saturated rings. The summed E-state index contributed by atoms with van der Waals surface area (Å²) >= 11 is 0. The smallest absolute Gasteiger partial charge is 0.251 e. The molecule has 3 N–H and O–H groups in total. The molecular formula is C16H25N3O3S. The summed E-state index contributed by atoms with van der Waals surface area (Å²) in [7, 11) is -3.54. The van der Waals surface area contributed by atoms with Crippen molar-refractivity contribution in [2.24, 2.45) is 0 Å². The Morgan fingerprint density at radius 1 is 1.22 bits per heavy atom. The summed E-state index contributed by atoms with van der Waals surface area (Å²) in [5, 5.41) is 6.01. The Morgan fingerprint density at radius 3 is 2.61 bits per heavy atom. The van der Waals surface area contributed by atoms with Crippen LogP contribution in [0.2, 0.25) is 0 Å². The number of rotatable bonds is 9. The average Bonchev–Trinajstić information content (AvgIpc) is 3.30. The van der Waals surface area contributed by atoms with E-state index in [4.69, 9.17) is 0 Å². The molecular weight excluding hydrogens is 314 g/mol. The molecule has 7 heteroatoms. The topological polar surface area (TPSA) is 87.3 Å². The number of sulfonamides is 1. The van der Waals surface area contributed by atoms with Gasteiger partial charge in [0.1, 0.15) is 0 Å². The second-order valence-corrected chi connectivity index (χ2v) is 7.59. The highest BCUT2D eigenvalue weighted by Gasteiger charge is 2.28. The van der Waals surface area contributed by atoms with Crippen molar-refractivity contribution in [2.75, 3.05) is 19.6 Å². The zero-order valence-electron chi connectivity index (χ0n) is 13.7. The molecule has 0 heterocycles. The van der Waals surface area contributed by atoms with Gasteiger partial charge in [-0.3, -0.25) is 4.79 Å². The molecule has 0 saturated heterocycles. The van der Waals surface area contributed by atoms with Gasteiger partial charge in [0.25, 0.3) is 5.91 Å². The van der Waals surface area contributed by atoms with Crippen LogP contribution < -0.4 is 15.4 Å². The quantitative estimate of drug-likeness (QED) is 0.589. The van der Waals surface area contributed by atoms with E-state index in [2.05, 4.69) is 22.3 Å². The van der Waals surface area contributed by atoms with Gasteiger partial charge in [-0.2, -0.15) is 0 Å². The summed E-state index contributed by atoms with van der Waals surface area (Å²) in [6.45, 7) is 6.00. The van der Waals surface area contributed by atoms with E-state index in [1.54, 1.807) is 19.1 Å². The number of aryl methyl sites for hydroxylation is 1. The third kappa shape index (κ3) is 5.30. The van der Waals surface area contributed by atoms with Gasteiger partial charge in [0.05, 0.1) is 4.90 Å². The Kier molecular flexibility index (Phi) is 6.15. The normalized spacial score (nSPS) is 14.7. The van der Waals surface area contributed by atoms with Gasteiger partial charge in [0.2, 0.25) is 10.0 Å². The lowest BCUT2D eigenvalue weighted by Crippen LogP contribution is -2.32. The van der Waals surface area contributed by atoms with Gasteiger partial charge < -0.3 is 10.6 Å². The summed E-state index contributed by atoms with van der Waals surface area (Å²) in [6.07, 6.45) is 2.80. The van der Waals surface area contributed by atoms with Crippen LogP contribution in [0.25, 0.3) is 0 Å². The van der Waals surface area contributed by atoms with Crippen molar-refractivity contribution in [1.82, 2.24) is 15.4 Å². The number of hydrogen-bond acceptors (Lipinski definition) is 4. The molecule has 23 heavy (non-hydrogen) atoms. The molecule has 1 amide bonds. The fraction of sp³-hybridized carbons (Fsp3) is 0.562. The van der Waals surface area contributed by atoms with E-state index < -0.39 is 10.0 Å². The van der Waals surface area contributed by atoms with E-state index in [0.717, 1.165) is 31.4 Å². The van der Waals surface area contributed by atoms with Crippen molar-refractivity contribution in [3.63, 3.8) is 0 Å². The monoisotopic (exact) mass is 339 g/mol. The Balaban J connectivity index is 2.03. The van der Waals surface area contributed by atoms with E-state index >= 15 is 0 Å². The highest BCUT2D eigenvalue weighted by molar-refractivity contribution is 7.89. The molecule has 0 atom stereocenters. The lowest BCUT2D eigenvalue weighted by Gasteiger charge is -2.11. The van der Waals surface area contributed by atoms with E-state index in [1.807, 2.05) is 0 Å². The van der Waals surface area contributed by atoms with Crippen LogP contribution in [0.4, 0.5) is 0 Å². The summed E-state index contributed by atoms with van der Waals surface area (Å²) < 4.78 is 27.1. The molecule has 0 aliphatic heterocycles. The van der Waals surface area contributed by atoms with Crippen molar-refractivity contribution >= 4 is 15.9 Å². The molecule has 0 spiro atoms. The van der Waals surface area contributed by atoms with Gasteiger partial charge in [-0.25, -0.2) is 13.1 Å². The second-order valence-electron chi connectivity index (χ2n) is 5.88. The zero-order chi connectivity index (χ0) is 16.9. The molecule has 2 rings (SSSR count). The third-order valence-electron chi connectivity index (χ3n) is 3.68. The predicted octanol–water partition coefficient (Wildman–Crippen LogP) is 1.17. The number of carbonyl (C=O) groups is 1. The molecule has 0 bridgehead atoms. The van der Waals surface area contributed by atoms with Crippen LogP contribution in [0.5, 0.6) is 0 Å².